The molecule has 0 radical (unpaired) electrons. The molecule has 4 aromatic rings. The van der Waals surface area contributed by atoms with E-state index in [1.807, 2.05) is 0 Å². The molecule has 220 valence electrons. The topological polar surface area (TPSA) is 158 Å². The highest BCUT2D eigenvalue weighted by molar-refractivity contribution is 6.34. The Morgan fingerprint density at radius 3 is 2.69 bits per heavy atom. The van der Waals surface area contributed by atoms with Crippen molar-refractivity contribution in [2.45, 2.75) is 26.5 Å². The lowest BCUT2D eigenvalue weighted by Crippen LogP contribution is -2.45. The zero-order chi connectivity index (χ0) is 30.3. The summed E-state index contributed by atoms with van der Waals surface area (Å²) in [7, 11) is 1.54. The second-order valence-electron chi connectivity index (χ2n) is 10.4. The van der Waals surface area contributed by atoms with Crippen molar-refractivity contribution in [1.29, 1.82) is 0 Å². The van der Waals surface area contributed by atoms with E-state index >= 15 is 0 Å². The number of carbonyl (C=O) groups excluding carboxylic acids is 2. The van der Waals surface area contributed by atoms with E-state index in [1.54, 1.807) is 19.3 Å². The lowest BCUT2D eigenvalue weighted by atomic mass is 10.0. The summed E-state index contributed by atoms with van der Waals surface area (Å²) in [5.41, 5.74) is 6.14. The van der Waals surface area contributed by atoms with Crippen LogP contribution in [0.3, 0.4) is 0 Å². The third-order valence-electron chi connectivity index (χ3n) is 7.17. The van der Waals surface area contributed by atoms with Gasteiger partial charge in [0, 0.05) is 38.0 Å². The van der Waals surface area contributed by atoms with Crippen LogP contribution < -0.4 is 21.5 Å². The molecule has 0 spiro atoms. The van der Waals surface area contributed by atoms with E-state index in [0.717, 1.165) is 0 Å². The zero-order valence-electron chi connectivity index (χ0n) is 23.1. The van der Waals surface area contributed by atoms with E-state index in [9.17, 15) is 19.5 Å². The number of pyridine rings is 1. The van der Waals surface area contributed by atoms with Crippen molar-refractivity contribution < 1.29 is 19.4 Å². The van der Waals surface area contributed by atoms with Gasteiger partial charge in [0.05, 0.1) is 51.9 Å². The Bertz CT molecular complexity index is 1770. The smallest absolute Gasteiger partial charge is 0.263 e. The number of primary amides is 1. The molecule has 0 unspecified atom stereocenters. The number of anilines is 2. The average molecular weight is 614 g/mol. The van der Waals surface area contributed by atoms with Crippen LogP contribution in [0.2, 0.25) is 10.0 Å². The first kappa shape index (κ1) is 29.4. The summed E-state index contributed by atoms with van der Waals surface area (Å²) >= 11 is 12.6. The number of benzene rings is 1. The largest absolute Gasteiger partial charge is 0.506 e. The molecule has 1 atom stereocenters. The maximum Gasteiger partial charge on any atom is 0.263 e. The molecule has 5 rings (SSSR count). The van der Waals surface area contributed by atoms with Crippen LogP contribution >= 0.6 is 23.2 Å². The average Bonchev–Trinajstić information content (AvgIpc) is 3.31. The van der Waals surface area contributed by atoms with Gasteiger partial charge in [0.25, 0.3) is 11.5 Å². The van der Waals surface area contributed by atoms with Crippen LogP contribution in [0.25, 0.3) is 22.2 Å². The number of hydrogen-bond donors (Lipinski definition) is 3. The number of aromatic hydroxyl groups is 1. The number of aryl methyl sites for hydroxylation is 1. The van der Waals surface area contributed by atoms with Crippen LogP contribution in [-0.2, 0) is 23.1 Å². The monoisotopic (exact) mass is 613 g/mol. The number of carbonyl (C=O) groups is 2. The summed E-state index contributed by atoms with van der Waals surface area (Å²) in [4.78, 5) is 49.3. The molecular formula is C28H29Cl2N7O5. The van der Waals surface area contributed by atoms with Gasteiger partial charge in [0.1, 0.15) is 23.8 Å². The quantitative estimate of drug-likeness (QED) is 0.286. The standard InChI is InChI=1S/C28H29Cl2N7O5/c1-14(2)21-11-36(4-5-42-21)22-8-20(19(30)9-32-22)34-23(38)12-37-10-17(24-27(37)33-13-35(3)28(24)41)15-6-16(26(31)40)25(39)18(29)7-15/h6-10,13-14,21,39H,4-5,11-12H2,1-3H3,(H2,31,40)(H,32,34,38)/t21-/m0/s1. The van der Waals surface area contributed by atoms with Gasteiger partial charge >= 0.3 is 0 Å². The predicted molar refractivity (Wildman–Crippen MR) is 160 cm³/mol. The fourth-order valence-corrected chi connectivity index (χ4v) is 5.24. The Morgan fingerprint density at radius 2 is 1.98 bits per heavy atom. The molecule has 14 heteroatoms. The SMILES string of the molecule is CC(C)[C@@H]1CN(c2cc(NC(=O)Cn3cc(-c4cc(Cl)c(O)c(C(N)=O)c4)c4c(=O)n(C)cnc43)c(Cl)cn2)CCO1. The number of nitrogens with zero attached hydrogens (tertiary/aromatic N) is 5. The molecule has 0 saturated carbocycles. The first-order valence-corrected chi connectivity index (χ1v) is 13.9. The number of ether oxygens (including phenoxy) is 1. The van der Waals surface area contributed by atoms with Crippen molar-refractivity contribution >= 4 is 57.6 Å². The van der Waals surface area contributed by atoms with Crippen LogP contribution in [0, 0.1) is 5.92 Å². The molecule has 4 heterocycles. The summed E-state index contributed by atoms with van der Waals surface area (Å²) in [6.45, 7) is 5.87. The van der Waals surface area contributed by atoms with Crippen molar-refractivity contribution in [3.63, 3.8) is 0 Å². The molecule has 0 bridgehead atoms. The van der Waals surface area contributed by atoms with Gasteiger partial charge in [0.15, 0.2) is 0 Å². The minimum atomic E-state index is -0.893. The highest BCUT2D eigenvalue weighted by Crippen LogP contribution is 2.36. The normalized spacial score (nSPS) is 15.4. The number of amides is 2. The van der Waals surface area contributed by atoms with Gasteiger partial charge in [-0.15, -0.1) is 0 Å². The first-order valence-electron chi connectivity index (χ1n) is 13.1. The maximum atomic E-state index is 13.3. The van der Waals surface area contributed by atoms with E-state index in [-0.39, 0.29) is 44.9 Å². The highest BCUT2D eigenvalue weighted by Gasteiger charge is 2.25. The molecule has 12 nitrogen and oxygen atoms in total. The number of fused-ring (bicyclic) bond motifs is 1. The number of phenols is 1. The van der Waals surface area contributed by atoms with E-state index in [2.05, 4.69) is 34.0 Å². The van der Waals surface area contributed by atoms with Crippen LogP contribution in [-0.4, -0.2) is 61.8 Å². The van der Waals surface area contributed by atoms with Crippen molar-refractivity contribution in [2.75, 3.05) is 29.9 Å². The molecule has 1 aliphatic rings. The van der Waals surface area contributed by atoms with Crippen molar-refractivity contribution in [2.24, 2.45) is 18.7 Å². The molecule has 1 aliphatic heterocycles. The third-order valence-corrected chi connectivity index (χ3v) is 7.76. The van der Waals surface area contributed by atoms with E-state index in [4.69, 9.17) is 33.7 Å². The highest BCUT2D eigenvalue weighted by atomic mass is 35.5. The molecular weight excluding hydrogens is 585 g/mol. The first-order chi connectivity index (χ1) is 19.9. The molecule has 42 heavy (non-hydrogen) atoms. The summed E-state index contributed by atoms with van der Waals surface area (Å²) in [5.74, 6) is -0.783. The molecule has 0 aliphatic carbocycles. The van der Waals surface area contributed by atoms with E-state index < -0.39 is 17.6 Å². The van der Waals surface area contributed by atoms with Crippen molar-refractivity contribution in [3.8, 4) is 16.9 Å². The van der Waals surface area contributed by atoms with E-state index in [1.165, 1.54) is 33.8 Å². The van der Waals surface area contributed by atoms with Gasteiger partial charge in [-0.25, -0.2) is 9.97 Å². The van der Waals surface area contributed by atoms with Gasteiger partial charge in [-0.05, 0) is 23.6 Å². The van der Waals surface area contributed by atoms with Gasteiger partial charge in [-0.2, -0.15) is 0 Å². The van der Waals surface area contributed by atoms with Crippen molar-refractivity contribution in [1.82, 2.24) is 19.1 Å². The number of nitrogens with two attached hydrogens (primary N) is 1. The summed E-state index contributed by atoms with van der Waals surface area (Å²) < 4.78 is 8.65. The van der Waals surface area contributed by atoms with Crippen LogP contribution in [0.15, 0.2) is 41.7 Å². The minimum Gasteiger partial charge on any atom is -0.506 e. The number of morpholine rings is 1. The Labute approximate surface area is 250 Å². The number of nitrogens with one attached hydrogen (secondary N) is 1. The molecule has 1 saturated heterocycles. The molecule has 1 fully saturated rings. The van der Waals surface area contributed by atoms with Crippen LogP contribution in [0.1, 0.15) is 24.2 Å². The van der Waals surface area contributed by atoms with Gasteiger partial charge in [0.2, 0.25) is 5.91 Å². The van der Waals surface area contributed by atoms with Crippen LogP contribution in [0.5, 0.6) is 5.75 Å². The summed E-state index contributed by atoms with van der Waals surface area (Å²) in [6, 6.07) is 4.46. The summed E-state index contributed by atoms with van der Waals surface area (Å²) in [5, 5.41) is 13.4. The number of hydrogen-bond acceptors (Lipinski definition) is 8. The predicted octanol–water partition coefficient (Wildman–Crippen LogP) is 3.41. The van der Waals surface area contributed by atoms with Gasteiger partial charge in [-0.1, -0.05) is 37.0 Å². The molecule has 4 N–H and O–H groups in total. The fourth-order valence-electron chi connectivity index (χ4n) is 4.87. The second-order valence-corrected chi connectivity index (χ2v) is 11.2. The lowest BCUT2D eigenvalue weighted by Gasteiger charge is -2.35. The fraction of sp³-hybridized carbons (Fsp3) is 0.321. The molecule has 2 amide bonds. The van der Waals surface area contributed by atoms with Gasteiger partial charge in [-0.3, -0.25) is 14.4 Å². The number of halogens is 2. The zero-order valence-corrected chi connectivity index (χ0v) is 24.6. The Hall–Kier alpha value is -4.13. The van der Waals surface area contributed by atoms with Crippen LogP contribution in [0.4, 0.5) is 11.5 Å². The molecule has 3 aromatic heterocycles. The Morgan fingerprint density at radius 1 is 1.21 bits per heavy atom. The third kappa shape index (κ3) is 5.65. The van der Waals surface area contributed by atoms with Crippen molar-refractivity contribution in [3.05, 3.63) is 62.9 Å². The summed E-state index contributed by atoms with van der Waals surface area (Å²) in [6.07, 6.45) is 4.46. The minimum absolute atomic E-state index is 0.0632. The number of rotatable bonds is 7. The Kier molecular flexibility index (Phi) is 8.13. The maximum absolute atomic E-state index is 13.3. The van der Waals surface area contributed by atoms with E-state index in [0.29, 0.717) is 48.2 Å². The van der Waals surface area contributed by atoms with Gasteiger partial charge < -0.3 is 34.9 Å². The Balaban J connectivity index is 1.47. The molecule has 1 aromatic carbocycles. The number of aromatic nitrogens is 4. The second kappa shape index (κ2) is 11.6. The lowest BCUT2D eigenvalue weighted by molar-refractivity contribution is -0.116.